The summed E-state index contributed by atoms with van der Waals surface area (Å²) in [5.41, 5.74) is 4.01. The van der Waals surface area contributed by atoms with Crippen LogP contribution in [0, 0.1) is 0 Å². The lowest BCUT2D eigenvalue weighted by Crippen LogP contribution is -2.44. The highest BCUT2D eigenvalue weighted by Crippen LogP contribution is 2.20. The molecule has 2 aliphatic rings. The molecule has 2 aromatic carbocycles. The van der Waals surface area contributed by atoms with Gasteiger partial charge in [0.2, 0.25) is 5.91 Å². The van der Waals surface area contributed by atoms with Gasteiger partial charge in [-0.1, -0.05) is 42.5 Å². The molecular formula is C26H34N4O3. The highest BCUT2D eigenvalue weighted by Gasteiger charge is 2.23. The third-order valence-corrected chi connectivity index (χ3v) is 6.14. The van der Waals surface area contributed by atoms with Crippen molar-refractivity contribution in [3.8, 4) is 0 Å². The number of hydrogen-bond donors (Lipinski definition) is 2. The van der Waals surface area contributed by atoms with E-state index in [1.807, 2.05) is 41.3 Å². The Morgan fingerprint density at radius 2 is 1.79 bits per heavy atom. The van der Waals surface area contributed by atoms with Crippen LogP contribution in [-0.4, -0.2) is 53.6 Å². The van der Waals surface area contributed by atoms with E-state index in [4.69, 9.17) is 4.74 Å². The molecule has 2 N–H and O–H groups in total. The molecule has 0 aliphatic carbocycles. The predicted octanol–water partition coefficient (Wildman–Crippen LogP) is 3.74. The maximum atomic E-state index is 12.6. The van der Waals surface area contributed by atoms with Crippen LogP contribution < -0.4 is 10.6 Å². The summed E-state index contributed by atoms with van der Waals surface area (Å²) in [6.07, 6.45) is 1.99. The number of nitrogens with zero attached hydrogens (tertiary/aromatic N) is 2. The number of morpholine rings is 1. The van der Waals surface area contributed by atoms with Crippen molar-refractivity contribution in [3.05, 3.63) is 65.2 Å². The molecule has 0 bridgehead atoms. The Morgan fingerprint density at radius 3 is 2.55 bits per heavy atom. The first kappa shape index (κ1) is 23.3. The lowest BCUT2D eigenvalue weighted by molar-refractivity contribution is -0.128. The second kappa shape index (κ2) is 10.8. The number of ether oxygens (including phenoxy) is 1. The fourth-order valence-electron chi connectivity index (χ4n) is 4.71. The predicted molar refractivity (Wildman–Crippen MR) is 129 cm³/mol. The van der Waals surface area contributed by atoms with Crippen molar-refractivity contribution in [1.29, 1.82) is 0 Å². The molecule has 2 unspecified atom stereocenters. The van der Waals surface area contributed by atoms with Gasteiger partial charge >= 0.3 is 6.03 Å². The van der Waals surface area contributed by atoms with E-state index in [1.54, 1.807) is 0 Å². The molecule has 0 saturated carbocycles. The largest absolute Gasteiger partial charge is 0.373 e. The molecule has 2 aliphatic heterocycles. The molecule has 3 amide bonds. The van der Waals surface area contributed by atoms with Gasteiger partial charge in [-0.25, -0.2) is 4.79 Å². The zero-order valence-corrected chi connectivity index (χ0v) is 19.5. The quantitative estimate of drug-likeness (QED) is 0.674. The molecule has 0 radical (unpaired) electrons. The van der Waals surface area contributed by atoms with Crippen molar-refractivity contribution >= 4 is 17.6 Å². The maximum absolute atomic E-state index is 12.6. The van der Waals surface area contributed by atoms with Crippen LogP contribution in [0.4, 0.5) is 10.5 Å². The third-order valence-electron chi connectivity index (χ3n) is 6.14. The minimum atomic E-state index is -0.230. The number of likely N-dealkylation sites (tertiary alicyclic amines) is 1. The van der Waals surface area contributed by atoms with Gasteiger partial charge in [0, 0.05) is 51.4 Å². The van der Waals surface area contributed by atoms with Gasteiger partial charge < -0.3 is 20.3 Å². The second-order valence-electron chi connectivity index (χ2n) is 9.16. The number of carbonyl (C=O) groups excluding carboxylic acids is 2. The van der Waals surface area contributed by atoms with Gasteiger partial charge in [0.05, 0.1) is 12.2 Å². The number of carbonyl (C=O) groups is 2. The highest BCUT2D eigenvalue weighted by atomic mass is 16.5. The Labute approximate surface area is 196 Å². The second-order valence-corrected chi connectivity index (χ2v) is 9.16. The molecule has 4 rings (SSSR count). The van der Waals surface area contributed by atoms with E-state index in [0.717, 1.165) is 55.0 Å². The van der Waals surface area contributed by atoms with E-state index in [1.165, 1.54) is 0 Å². The minimum absolute atomic E-state index is 0.205. The monoisotopic (exact) mass is 450 g/mol. The minimum Gasteiger partial charge on any atom is -0.373 e. The lowest BCUT2D eigenvalue weighted by atomic mass is 10.1. The van der Waals surface area contributed by atoms with Crippen LogP contribution in [0.1, 0.15) is 43.4 Å². The van der Waals surface area contributed by atoms with E-state index in [9.17, 15) is 9.59 Å². The Morgan fingerprint density at radius 1 is 1.03 bits per heavy atom. The maximum Gasteiger partial charge on any atom is 0.319 e. The first-order valence-corrected chi connectivity index (χ1v) is 11.8. The third kappa shape index (κ3) is 6.55. The van der Waals surface area contributed by atoms with Crippen molar-refractivity contribution in [3.63, 3.8) is 0 Å². The summed E-state index contributed by atoms with van der Waals surface area (Å²) in [6, 6.07) is 15.8. The summed E-state index contributed by atoms with van der Waals surface area (Å²) < 4.78 is 5.83. The van der Waals surface area contributed by atoms with Crippen molar-refractivity contribution in [2.75, 3.05) is 25.0 Å². The molecule has 2 heterocycles. The highest BCUT2D eigenvalue weighted by molar-refractivity contribution is 5.90. The number of para-hydroxylation sites is 1. The van der Waals surface area contributed by atoms with Crippen LogP contribution in [0.2, 0.25) is 0 Å². The number of anilines is 1. The van der Waals surface area contributed by atoms with Crippen LogP contribution >= 0.6 is 0 Å². The number of benzene rings is 2. The van der Waals surface area contributed by atoms with Crippen LogP contribution in [0.15, 0.2) is 48.5 Å². The van der Waals surface area contributed by atoms with Crippen LogP contribution in [0.5, 0.6) is 0 Å². The average Bonchev–Trinajstić information content (AvgIpc) is 3.17. The number of rotatable bonds is 7. The number of nitrogens with one attached hydrogen (secondary N) is 2. The summed E-state index contributed by atoms with van der Waals surface area (Å²) in [4.78, 5) is 28.8. The van der Waals surface area contributed by atoms with E-state index in [0.29, 0.717) is 19.5 Å². The molecule has 2 fully saturated rings. The smallest absolute Gasteiger partial charge is 0.319 e. The number of urea groups is 1. The van der Waals surface area contributed by atoms with Gasteiger partial charge in [-0.2, -0.15) is 0 Å². The van der Waals surface area contributed by atoms with Gasteiger partial charge in [-0.05, 0) is 43.0 Å². The number of amides is 3. The molecular weight excluding hydrogens is 416 g/mol. The van der Waals surface area contributed by atoms with E-state index in [2.05, 4.69) is 41.5 Å². The molecule has 7 heteroatoms. The molecule has 0 spiro atoms. The van der Waals surface area contributed by atoms with Crippen LogP contribution in [0.25, 0.3) is 0 Å². The Balaban J connectivity index is 1.31. The summed E-state index contributed by atoms with van der Waals surface area (Å²) in [5.74, 6) is 0.220. The Kier molecular flexibility index (Phi) is 7.62. The van der Waals surface area contributed by atoms with E-state index in [-0.39, 0.29) is 24.1 Å². The van der Waals surface area contributed by atoms with E-state index < -0.39 is 0 Å². The molecule has 33 heavy (non-hydrogen) atoms. The molecule has 0 aromatic heterocycles. The first-order valence-electron chi connectivity index (χ1n) is 11.8. The fourth-order valence-corrected chi connectivity index (χ4v) is 4.71. The van der Waals surface area contributed by atoms with Gasteiger partial charge in [-0.3, -0.25) is 9.69 Å². The summed E-state index contributed by atoms with van der Waals surface area (Å²) in [7, 11) is 0. The Bertz CT molecular complexity index is 970. The van der Waals surface area contributed by atoms with E-state index >= 15 is 0 Å². The van der Waals surface area contributed by atoms with Crippen LogP contribution in [0.3, 0.4) is 0 Å². The Hall–Kier alpha value is -2.90. The van der Waals surface area contributed by atoms with Crippen molar-refractivity contribution in [1.82, 2.24) is 15.1 Å². The summed E-state index contributed by atoms with van der Waals surface area (Å²) in [5, 5.41) is 5.97. The van der Waals surface area contributed by atoms with Crippen LogP contribution in [-0.2, 0) is 29.2 Å². The topological polar surface area (TPSA) is 73.9 Å². The van der Waals surface area contributed by atoms with Crippen molar-refractivity contribution in [2.45, 2.75) is 58.5 Å². The number of hydrogen-bond acceptors (Lipinski definition) is 4. The van der Waals surface area contributed by atoms with Gasteiger partial charge in [0.15, 0.2) is 0 Å². The normalized spacial score (nSPS) is 21.3. The molecule has 2 aromatic rings. The summed E-state index contributed by atoms with van der Waals surface area (Å²) >= 11 is 0. The van der Waals surface area contributed by atoms with Gasteiger partial charge in [0.1, 0.15) is 0 Å². The zero-order valence-electron chi connectivity index (χ0n) is 19.5. The first-order chi connectivity index (χ1) is 16.0. The molecule has 2 atom stereocenters. The van der Waals surface area contributed by atoms with Crippen molar-refractivity contribution < 1.29 is 14.3 Å². The summed E-state index contributed by atoms with van der Waals surface area (Å²) in [6.45, 7) is 8.60. The SMILES string of the molecule is CC1CN(Cc2ccccc2NC(=O)NCc2cccc(CN3CCCC3=O)c2)CC(C)O1. The van der Waals surface area contributed by atoms with Crippen molar-refractivity contribution in [2.24, 2.45) is 0 Å². The van der Waals surface area contributed by atoms with Gasteiger partial charge in [0.25, 0.3) is 0 Å². The standard InChI is InChI=1S/C26H34N4O3/c1-19-15-29(16-20(2)33-19)18-23-9-3-4-10-24(23)28-26(32)27-14-21-7-5-8-22(13-21)17-30-12-6-11-25(30)31/h3-5,7-10,13,19-20H,6,11-12,14-18H2,1-2H3,(H2,27,28,32). The fraction of sp³-hybridized carbons (Fsp3) is 0.462. The van der Waals surface area contributed by atoms with Gasteiger partial charge in [-0.15, -0.1) is 0 Å². The molecule has 7 nitrogen and oxygen atoms in total. The molecule has 176 valence electrons. The average molecular weight is 451 g/mol. The zero-order chi connectivity index (χ0) is 23.2. The molecule has 2 saturated heterocycles. The lowest BCUT2D eigenvalue weighted by Gasteiger charge is -2.35.